The van der Waals surface area contributed by atoms with Crippen LogP contribution in [0, 0.1) is 0 Å². The molecular formula is C19H24N2O4. The fourth-order valence-electron chi connectivity index (χ4n) is 2.17. The molecule has 0 heterocycles. The first kappa shape index (κ1) is 20.0. The highest BCUT2D eigenvalue weighted by Crippen LogP contribution is 2.28. The maximum absolute atomic E-state index is 12.7. The van der Waals surface area contributed by atoms with E-state index >= 15 is 0 Å². The van der Waals surface area contributed by atoms with Gasteiger partial charge in [0.15, 0.2) is 11.5 Å². The van der Waals surface area contributed by atoms with E-state index in [0.29, 0.717) is 30.2 Å². The van der Waals surface area contributed by atoms with Gasteiger partial charge < -0.3 is 19.7 Å². The lowest BCUT2D eigenvalue weighted by atomic mass is 10.1. The van der Waals surface area contributed by atoms with Crippen molar-refractivity contribution < 1.29 is 19.1 Å². The third-order valence-corrected chi connectivity index (χ3v) is 3.25. The predicted octanol–water partition coefficient (Wildman–Crippen LogP) is 2.38. The highest BCUT2D eigenvalue weighted by atomic mass is 16.5. The first-order chi connectivity index (χ1) is 12.0. The van der Waals surface area contributed by atoms with Crippen LogP contribution in [0.2, 0.25) is 0 Å². The number of carbonyl (C=O) groups is 2. The van der Waals surface area contributed by atoms with E-state index in [-0.39, 0.29) is 17.5 Å². The van der Waals surface area contributed by atoms with E-state index in [9.17, 15) is 9.59 Å². The fraction of sp³-hybridized carbons (Fsp3) is 0.263. The standard InChI is InChI=1S/C19H24N2O4/c1-6-10-21(11-7-2)19(23)16(20-14(3)22)12-15-8-9-17(24-4)18(13-15)25-5/h6-9,12-13H,1-2,10-11H2,3-5H3,(H,20,22). The van der Waals surface area contributed by atoms with Gasteiger partial charge in [-0.1, -0.05) is 18.2 Å². The van der Waals surface area contributed by atoms with Crippen LogP contribution >= 0.6 is 0 Å². The molecule has 0 fully saturated rings. The molecule has 2 amide bonds. The number of benzene rings is 1. The Balaban J connectivity index is 3.26. The van der Waals surface area contributed by atoms with E-state index in [2.05, 4.69) is 18.5 Å². The lowest BCUT2D eigenvalue weighted by Crippen LogP contribution is -2.38. The predicted molar refractivity (Wildman–Crippen MR) is 98.3 cm³/mol. The summed E-state index contributed by atoms with van der Waals surface area (Å²) in [7, 11) is 3.07. The summed E-state index contributed by atoms with van der Waals surface area (Å²) >= 11 is 0. The molecule has 0 aliphatic heterocycles. The molecule has 6 heteroatoms. The van der Waals surface area contributed by atoms with Crippen LogP contribution in [0.5, 0.6) is 11.5 Å². The van der Waals surface area contributed by atoms with Crippen LogP contribution in [-0.2, 0) is 9.59 Å². The molecule has 0 aromatic heterocycles. The van der Waals surface area contributed by atoms with Crippen molar-refractivity contribution in [1.29, 1.82) is 0 Å². The summed E-state index contributed by atoms with van der Waals surface area (Å²) in [4.78, 5) is 25.8. The molecule has 1 rings (SSSR count). The van der Waals surface area contributed by atoms with Crippen molar-refractivity contribution in [3.63, 3.8) is 0 Å². The zero-order valence-electron chi connectivity index (χ0n) is 14.9. The zero-order chi connectivity index (χ0) is 18.8. The molecule has 134 valence electrons. The summed E-state index contributed by atoms with van der Waals surface area (Å²) in [6.45, 7) is 9.32. The quantitative estimate of drug-likeness (QED) is 0.552. The Morgan fingerprint density at radius 3 is 2.20 bits per heavy atom. The van der Waals surface area contributed by atoms with Gasteiger partial charge in [-0.25, -0.2) is 0 Å². The SMILES string of the molecule is C=CCN(CC=C)C(=O)C(=Cc1ccc(OC)c(OC)c1)NC(C)=O. The summed E-state index contributed by atoms with van der Waals surface area (Å²) in [6, 6.07) is 5.22. The molecule has 0 aliphatic carbocycles. The Hall–Kier alpha value is -3.02. The maximum atomic E-state index is 12.7. The fourth-order valence-corrected chi connectivity index (χ4v) is 2.17. The molecule has 0 aliphatic rings. The summed E-state index contributed by atoms with van der Waals surface area (Å²) in [5.41, 5.74) is 0.843. The van der Waals surface area contributed by atoms with Crippen molar-refractivity contribution in [2.24, 2.45) is 0 Å². The van der Waals surface area contributed by atoms with E-state index in [1.54, 1.807) is 43.5 Å². The normalized spacial score (nSPS) is 10.6. The van der Waals surface area contributed by atoms with Gasteiger partial charge in [-0.3, -0.25) is 9.59 Å². The number of hydrogen-bond donors (Lipinski definition) is 1. The molecule has 0 saturated heterocycles. The van der Waals surface area contributed by atoms with Gasteiger partial charge >= 0.3 is 0 Å². The zero-order valence-corrected chi connectivity index (χ0v) is 14.9. The number of methoxy groups -OCH3 is 2. The van der Waals surface area contributed by atoms with E-state index in [4.69, 9.17) is 9.47 Å². The van der Waals surface area contributed by atoms with Crippen molar-refractivity contribution in [2.75, 3.05) is 27.3 Å². The van der Waals surface area contributed by atoms with Gasteiger partial charge in [0.1, 0.15) is 5.70 Å². The molecule has 0 bridgehead atoms. The molecule has 25 heavy (non-hydrogen) atoms. The first-order valence-corrected chi connectivity index (χ1v) is 7.69. The molecule has 0 saturated carbocycles. The maximum Gasteiger partial charge on any atom is 0.270 e. The van der Waals surface area contributed by atoms with Crippen LogP contribution in [0.1, 0.15) is 12.5 Å². The second-order valence-corrected chi connectivity index (χ2v) is 5.14. The Kier molecular flexibility index (Phi) is 7.99. The summed E-state index contributed by atoms with van der Waals surface area (Å²) in [5.74, 6) is 0.439. The number of hydrogen-bond acceptors (Lipinski definition) is 4. The topological polar surface area (TPSA) is 67.9 Å². The minimum absolute atomic E-state index is 0.156. The average molecular weight is 344 g/mol. The number of nitrogens with one attached hydrogen (secondary N) is 1. The lowest BCUT2D eigenvalue weighted by Gasteiger charge is -2.21. The molecule has 6 nitrogen and oxygen atoms in total. The van der Waals surface area contributed by atoms with Gasteiger partial charge in [-0.05, 0) is 23.8 Å². The van der Waals surface area contributed by atoms with Gasteiger partial charge in [-0.15, -0.1) is 13.2 Å². The number of amides is 2. The van der Waals surface area contributed by atoms with Crippen molar-refractivity contribution in [3.05, 3.63) is 54.8 Å². The Morgan fingerprint density at radius 2 is 1.72 bits per heavy atom. The number of ether oxygens (including phenoxy) is 2. The number of carbonyl (C=O) groups excluding carboxylic acids is 2. The molecular weight excluding hydrogens is 320 g/mol. The largest absolute Gasteiger partial charge is 0.493 e. The van der Waals surface area contributed by atoms with Crippen molar-refractivity contribution in [3.8, 4) is 11.5 Å². The summed E-state index contributed by atoms with van der Waals surface area (Å²) in [6.07, 6.45) is 4.82. The van der Waals surface area contributed by atoms with Gasteiger partial charge in [0, 0.05) is 20.0 Å². The van der Waals surface area contributed by atoms with Gasteiger partial charge in [0.05, 0.1) is 14.2 Å². The molecule has 1 aromatic carbocycles. The molecule has 0 unspecified atom stereocenters. The summed E-state index contributed by atoms with van der Waals surface area (Å²) < 4.78 is 10.5. The van der Waals surface area contributed by atoms with Crippen LogP contribution in [0.4, 0.5) is 0 Å². The third-order valence-electron chi connectivity index (χ3n) is 3.25. The average Bonchev–Trinajstić information content (AvgIpc) is 2.59. The second kappa shape index (κ2) is 9.97. The minimum atomic E-state index is -0.336. The lowest BCUT2D eigenvalue weighted by molar-refractivity contribution is -0.128. The van der Waals surface area contributed by atoms with E-state index in [1.807, 2.05) is 0 Å². The third kappa shape index (κ3) is 5.84. The molecule has 0 atom stereocenters. The molecule has 1 N–H and O–H groups in total. The van der Waals surface area contributed by atoms with Crippen LogP contribution in [0.25, 0.3) is 6.08 Å². The first-order valence-electron chi connectivity index (χ1n) is 7.69. The van der Waals surface area contributed by atoms with Crippen LogP contribution < -0.4 is 14.8 Å². The second-order valence-electron chi connectivity index (χ2n) is 5.14. The number of nitrogens with zero attached hydrogens (tertiary/aromatic N) is 1. The van der Waals surface area contributed by atoms with E-state index in [1.165, 1.54) is 18.9 Å². The molecule has 1 aromatic rings. The van der Waals surface area contributed by atoms with E-state index in [0.717, 1.165) is 0 Å². The number of rotatable bonds is 9. The van der Waals surface area contributed by atoms with Crippen molar-refractivity contribution in [1.82, 2.24) is 10.2 Å². The van der Waals surface area contributed by atoms with Gasteiger partial charge in [0.2, 0.25) is 5.91 Å². The van der Waals surface area contributed by atoms with Gasteiger partial charge in [-0.2, -0.15) is 0 Å². The highest BCUT2D eigenvalue weighted by Gasteiger charge is 2.18. The molecule has 0 spiro atoms. The van der Waals surface area contributed by atoms with Gasteiger partial charge in [0.25, 0.3) is 5.91 Å². The highest BCUT2D eigenvalue weighted by molar-refractivity contribution is 6.01. The van der Waals surface area contributed by atoms with Crippen molar-refractivity contribution >= 4 is 17.9 Å². The monoisotopic (exact) mass is 344 g/mol. The van der Waals surface area contributed by atoms with Crippen LogP contribution in [0.15, 0.2) is 49.2 Å². The van der Waals surface area contributed by atoms with E-state index < -0.39 is 0 Å². The Bertz CT molecular complexity index is 670. The molecule has 0 radical (unpaired) electrons. The minimum Gasteiger partial charge on any atom is -0.493 e. The Labute approximate surface area is 148 Å². The van der Waals surface area contributed by atoms with Crippen LogP contribution in [0.3, 0.4) is 0 Å². The van der Waals surface area contributed by atoms with Crippen molar-refractivity contribution in [2.45, 2.75) is 6.92 Å². The van der Waals surface area contributed by atoms with Crippen LogP contribution in [-0.4, -0.2) is 44.0 Å². The summed E-state index contributed by atoms with van der Waals surface area (Å²) in [5, 5.41) is 2.58. The Morgan fingerprint density at radius 1 is 1.12 bits per heavy atom. The smallest absolute Gasteiger partial charge is 0.270 e.